The lowest BCUT2D eigenvalue weighted by molar-refractivity contribution is -0.123. The zero-order chi connectivity index (χ0) is 20.7. The highest BCUT2D eigenvalue weighted by Gasteiger charge is 2.49. The van der Waals surface area contributed by atoms with E-state index in [-0.39, 0.29) is 11.9 Å². The Kier molecular flexibility index (Phi) is 4.84. The number of ether oxygens (including phenoxy) is 1. The van der Waals surface area contributed by atoms with Crippen LogP contribution in [-0.4, -0.2) is 35.3 Å². The molecule has 0 N–H and O–H groups in total. The van der Waals surface area contributed by atoms with E-state index in [2.05, 4.69) is 25.3 Å². The van der Waals surface area contributed by atoms with E-state index in [1.807, 2.05) is 48.5 Å². The van der Waals surface area contributed by atoms with Gasteiger partial charge in [-0.05, 0) is 29.8 Å². The number of alkyl halides is 1. The highest BCUT2D eigenvalue weighted by Crippen LogP contribution is 2.43. The number of para-hydroxylation sites is 1. The fourth-order valence-electron chi connectivity index (χ4n) is 3.57. The maximum atomic E-state index is 12.5. The van der Waals surface area contributed by atoms with Crippen LogP contribution in [0.3, 0.4) is 0 Å². The van der Waals surface area contributed by atoms with Gasteiger partial charge in [-0.15, -0.1) is 21.8 Å². The van der Waals surface area contributed by atoms with Crippen LogP contribution < -0.4 is 14.5 Å². The molecular formula is C20H17ClN6O2S. The van der Waals surface area contributed by atoms with Crippen molar-refractivity contribution in [2.24, 2.45) is 10.2 Å². The standard InChI is InChI=1S/C20H17ClN6O2S/c1-29-13-8-6-12(7-9-13)18-17(21)19(28)27(18)20-25-24-16(30-20)10-26-11-22-23-14-4-2-3-5-15(14)26/h2-9,17-18H,10-11H2,1H3. The molecule has 1 amide bonds. The molecule has 0 aliphatic carbocycles. The number of carbonyl (C=O) groups excluding carboxylic acids is 1. The minimum Gasteiger partial charge on any atom is -0.497 e. The lowest BCUT2D eigenvalue weighted by Crippen LogP contribution is -2.56. The Labute approximate surface area is 181 Å². The van der Waals surface area contributed by atoms with Gasteiger partial charge in [0.1, 0.15) is 28.5 Å². The van der Waals surface area contributed by atoms with Crippen LogP contribution in [0.15, 0.2) is 58.8 Å². The quantitative estimate of drug-likeness (QED) is 0.436. The summed E-state index contributed by atoms with van der Waals surface area (Å²) in [5, 5.41) is 17.6. The summed E-state index contributed by atoms with van der Waals surface area (Å²) in [6.45, 7) is 0.986. The number of methoxy groups -OCH3 is 1. The third kappa shape index (κ3) is 3.20. The first-order valence-corrected chi connectivity index (χ1v) is 10.6. The van der Waals surface area contributed by atoms with Crippen molar-refractivity contribution in [1.29, 1.82) is 0 Å². The molecule has 2 aliphatic rings. The average molecular weight is 441 g/mol. The number of anilines is 2. The van der Waals surface area contributed by atoms with Crippen molar-refractivity contribution in [1.82, 2.24) is 10.2 Å². The maximum absolute atomic E-state index is 12.5. The minimum absolute atomic E-state index is 0.169. The Balaban J connectivity index is 1.36. The summed E-state index contributed by atoms with van der Waals surface area (Å²) in [6, 6.07) is 15.1. The van der Waals surface area contributed by atoms with Crippen LogP contribution in [0.2, 0.25) is 0 Å². The molecule has 10 heteroatoms. The molecule has 0 spiro atoms. The first-order valence-electron chi connectivity index (χ1n) is 9.30. The number of carbonyl (C=O) groups is 1. The minimum atomic E-state index is -0.625. The Morgan fingerprint density at radius 1 is 1.17 bits per heavy atom. The van der Waals surface area contributed by atoms with Crippen LogP contribution in [0, 0.1) is 0 Å². The first-order chi connectivity index (χ1) is 14.7. The van der Waals surface area contributed by atoms with E-state index in [9.17, 15) is 4.79 Å². The summed E-state index contributed by atoms with van der Waals surface area (Å²) in [5.41, 5.74) is 2.76. The number of benzene rings is 2. The van der Waals surface area contributed by atoms with Gasteiger partial charge in [0.15, 0.2) is 0 Å². The van der Waals surface area contributed by atoms with Crippen LogP contribution in [0.4, 0.5) is 16.5 Å². The second-order valence-electron chi connectivity index (χ2n) is 6.88. The van der Waals surface area contributed by atoms with Gasteiger partial charge in [-0.25, -0.2) is 0 Å². The van der Waals surface area contributed by atoms with Crippen LogP contribution in [-0.2, 0) is 11.3 Å². The van der Waals surface area contributed by atoms with Crippen molar-refractivity contribution in [2.75, 3.05) is 23.6 Å². The van der Waals surface area contributed by atoms with E-state index >= 15 is 0 Å². The number of nitrogens with zero attached hydrogens (tertiary/aromatic N) is 6. The molecule has 1 saturated heterocycles. The molecule has 152 valence electrons. The molecule has 0 saturated carbocycles. The Hall–Kier alpha value is -3.04. The molecule has 30 heavy (non-hydrogen) atoms. The molecule has 2 unspecified atom stereocenters. The van der Waals surface area contributed by atoms with Gasteiger partial charge in [0.2, 0.25) is 11.0 Å². The van der Waals surface area contributed by atoms with Crippen molar-refractivity contribution in [2.45, 2.75) is 18.0 Å². The summed E-state index contributed by atoms with van der Waals surface area (Å²) >= 11 is 7.72. The smallest absolute Gasteiger partial charge is 0.250 e. The Morgan fingerprint density at radius 3 is 2.77 bits per heavy atom. The van der Waals surface area contributed by atoms with Crippen molar-refractivity contribution >= 4 is 45.4 Å². The van der Waals surface area contributed by atoms with Gasteiger partial charge in [-0.3, -0.25) is 9.69 Å². The van der Waals surface area contributed by atoms with Gasteiger partial charge in [-0.1, -0.05) is 35.6 Å². The number of fused-ring (bicyclic) bond motifs is 1. The molecule has 2 aromatic carbocycles. The number of hydrogen-bond acceptors (Lipinski definition) is 8. The van der Waals surface area contributed by atoms with Crippen LogP contribution in [0.25, 0.3) is 0 Å². The maximum Gasteiger partial charge on any atom is 0.250 e. The molecule has 8 nitrogen and oxygen atoms in total. The molecule has 5 rings (SSSR count). The van der Waals surface area contributed by atoms with Crippen molar-refractivity contribution in [3.8, 4) is 5.75 Å². The molecule has 3 heterocycles. The Morgan fingerprint density at radius 2 is 1.97 bits per heavy atom. The fraction of sp³-hybridized carbons (Fsp3) is 0.250. The van der Waals surface area contributed by atoms with Gasteiger partial charge >= 0.3 is 0 Å². The molecule has 0 radical (unpaired) electrons. The highest BCUT2D eigenvalue weighted by atomic mass is 35.5. The molecule has 2 aliphatic heterocycles. The zero-order valence-electron chi connectivity index (χ0n) is 16.0. The normalized spacial score (nSPS) is 20.1. The van der Waals surface area contributed by atoms with E-state index in [1.165, 1.54) is 11.3 Å². The van der Waals surface area contributed by atoms with Crippen LogP contribution >= 0.6 is 22.9 Å². The summed E-state index contributed by atoms with van der Waals surface area (Å²) in [5.74, 6) is 0.580. The Bertz CT molecular complexity index is 1120. The van der Waals surface area contributed by atoms with Gasteiger partial charge in [-0.2, -0.15) is 10.2 Å². The third-order valence-electron chi connectivity index (χ3n) is 5.11. The van der Waals surface area contributed by atoms with Crippen LogP contribution in [0.5, 0.6) is 5.75 Å². The summed E-state index contributed by atoms with van der Waals surface area (Å²) < 4.78 is 5.21. The third-order valence-corrected chi connectivity index (χ3v) is 6.44. The molecule has 1 aromatic heterocycles. The number of aromatic nitrogens is 2. The number of amides is 1. The molecule has 3 aromatic rings. The van der Waals surface area contributed by atoms with Crippen molar-refractivity contribution < 1.29 is 9.53 Å². The van der Waals surface area contributed by atoms with Crippen molar-refractivity contribution in [3.05, 3.63) is 59.1 Å². The number of halogens is 1. The van der Waals surface area contributed by atoms with Gasteiger partial charge in [0.25, 0.3) is 0 Å². The molecule has 0 bridgehead atoms. The van der Waals surface area contributed by atoms with Crippen LogP contribution in [0.1, 0.15) is 16.6 Å². The van der Waals surface area contributed by atoms with E-state index in [4.69, 9.17) is 16.3 Å². The lowest BCUT2D eigenvalue weighted by Gasteiger charge is -2.42. The highest BCUT2D eigenvalue weighted by molar-refractivity contribution is 7.15. The summed E-state index contributed by atoms with van der Waals surface area (Å²) in [6.07, 6.45) is 0. The lowest BCUT2D eigenvalue weighted by atomic mass is 9.94. The van der Waals surface area contributed by atoms with E-state index < -0.39 is 5.38 Å². The number of β-lactam (4-membered cyclic amide) rings is 1. The topological polar surface area (TPSA) is 83.3 Å². The average Bonchev–Trinajstić information content (AvgIpc) is 3.24. The second-order valence-corrected chi connectivity index (χ2v) is 8.39. The van der Waals surface area contributed by atoms with Gasteiger partial charge < -0.3 is 9.64 Å². The van der Waals surface area contributed by atoms with Crippen molar-refractivity contribution in [3.63, 3.8) is 0 Å². The molecule has 2 atom stereocenters. The second kappa shape index (κ2) is 7.66. The number of hydrogen-bond donors (Lipinski definition) is 0. The SMILES string of the molecule is COc1ccc(C2C(Cl)C(=O)N2c2nnc(CN3CN=Nc4ccccc43)s2)cc1. The summed E-state index contributed by atoms with van der Waals surface area (Å²) in [7, 11) is 1.61. The molecule has 1 fully saturated rings. The number of rotatable bonds is 5. The predicted molar refractivity (Wildman–Crippen MR) is 115 cm³/mol. The van der Waals surface area contributed by atoms with Gasteiger partial charge in [0, 0.05) is 0 Å². The largest absolute Gasteiger partial charge is 0.497 e. The first kappa shape index (κ1) is 19.0. The monoisotopic (exact) mass is 440 g/mol. The predicted octanol–water partition coefficient (Wildman–Crippen LogP) is 4.30. The van der Waals surface area contributed by atoms with E-state index in [0.29, 0.717) is 18.3 Å². The van der Waals surface area contributed by atoms with E-state index in [1.54, 1.807) is 12.0 Å². The summed E-state index contributed by atoms with van der Waals surface area (Å²) in [4.78, 5) is 16.2. The van der Waals surface area contributed by atoms with Gasteiger partial charge in [0.05, 0.1) is 25.4 Å². The van der Waals surface area contributed by atoms with E-state index in [0.717, 1.165) is 27.7 Å². The fourth-order valence-corrected chi connectivity index (χ4v) is 4.83. The molecular weight excluding hydrogens is 424 g/mol. The zero-order valence-corrected chi connectivity index (χ0v) is 17.5. The number of azo groups is 1.